The van der Waals surface area contributed by atoms with Crippen molar-refractivity contribution in [2.75, 3.05) is 31.1 Å². The zero-order chi connectivity index (χ0) is 20.4. The van der Waals surface area contributed by atoms with Gasteiger partial charge in [-0.15, -0.1) is 0 Å². The molecule has 1 N–H and O–H groups in total. The van der Waals surface area contributed by atoms with E-state index in [2.05, 4.69) is 5.27 Å². The van der Waals surface area contributed by atoms with Crippen LogP contribution in [-0.2, 0) is 0 Å². The summed E-state index contributed by atoms with van der Waals surface area (Å²) in [6.45, 7) is 1.92. The fraction of sp³-hybridized carbons (Fsp3) is 0.211. The average molecular weight is 396 g/mol. The van der Waals surface area contributed by atoms with E-state index in [1.165, 1.54) is 16.8 Å². The first-order valence-electron chi connectivity index (χ1n) is 9.02. The Morgan fingerprint density at radius 1 is 1.03 bits per heavy atom. The molecule has 0 saturated carbocycles. The first-order chi connectivity index (χ1) is 14.0. The van der Waals surface area contributed by atoms with Gasteiger partial charge in [-0.2, -0.15) is 0 Å². The van der Waals surface area contributed by atoms with Crippen molar-refractivity contribution in [3.8, 4) is 5.69 Å². The van der Waals surface area contributed by atoms with Gasteiger partial charge in [0.1, 0.15) is 0 Å². The Kier molecular flexibility index (Phi) is 4.82. The summed E-state index contributed by atoms with van der Waals surface area (Å²) in [6, 6.07) is 15.3. The topological polar surface area (TPSA) is 117 Å². The van der Waals surface area contributed by atoms with Crippen LogP contribution in [0.3, 0.4) is 0 Å². The van der Waals surface area contributed by atoms with E-state index in [1.54, 1.807) is 41.3 Å². The Labute approximate surface area is 164 Å². The monoisotopic (exact) mass is 396 g/mol. The van der Waals surface area contributed by atoms with Crippen LogP contribution < -0.4 is 15.2 Å². The molecule has 4 rings (SSSR count). The number of nitrogens with zero attached hydrogens (tertiary/aromatic N) is 4. The number of piperazine rings is 1. The van der Waals surface area contributed by atoms with Gasteiger partial charge in [0.25, 0.3) is 5.69 Å². The summed E-state index contributed by atoms with van der Waals surface area (Å²) in [6.07, 6.45) is 0. The van der Waals surface area contributed by atoms with E-state index >= 15 is 0 Å². The number of amides is 1. The number of hydrogen-bond acceptors (Lipinski definition) is 6. The predicted molar refractivity (Wildman–Crippen MR) is 102 cm³/mol. The Morgan fingerprint density at radius 2 is 1.69 bits per heavy atom. The summed E-state index contributed by atoms with van der Waals surface area (Å²) >= 11 is 0. The van der Waals surface area contributed by atoms with Gasteiger partial charge in [-0.25, -0.2) is 4.79 Å². The first-order valence-corrected chi connectivity index (χ1v) is 9.02. The number of nitrogens with one attached hydrogen (secondary N) is 1. The van der Waals surface area contributed by atoms with E-state index in [4.69, 9.17) is 4.52 Å². The minimum atomic E-state index is -0.725. The van der Waals surface area contributed by atoms with Crippen molar-refractivity contribution in [3.05, 3.63) is 80.8 Å². The zero-order valence-electron chi connectivity index (χ0n) is 15.4. The van der Waals surface area contributed by atoms with Crippen LogP contribution in [-0.4, -0.2) is 47.2 Å². The fourth-order valence-electron chi connectivity index (χ4n) is 3.32. The fourth-order valence-corrected chi connectivity index (χ4v) is 3.32. The van der Waals surface area contributed by atoms with E-state index in [1.807, 2.05) is 11.0 Å². The van der Waals surface area contributed by atoms with Crippen LogP contribution in [0, 0.1) is 10.1 Å². The molecular weight excluding hydrogens is 378 g/mol. The molecule has 10 nitrogen and oxygen atoms in total. The normalized spacial score (nSPS) is 14.1. The molecule has 0 spiro atoms. The van der Waals surface area contributed by atoms with Crippen LogP contribution in [0.4, 0.5) is 11.4 Å². The molecule has 0 atom stereocenters. The molecule has 1 amide bonds. The van der Waals surface area contributed by atoms with Crippen molar-refractivity contribution in [1.82, 2.24) is 10.2 Å². The van der Waals surface area contributed by atoms with Gasteiger partial charge in [-0.1, -0.05) is 18.2 Å². The van der Waals surface area contributed by atoms with E-state index in [0.717, 1.165) is 5.69 Å². The van der Waals surface area contributed by atoms with Crippen molar-refractivity contribution in [2.24, 2.45) is 0 Å². The summed E-state index contributed by atoms with van der Waals surface area (Å²) < 4.78 is 6.19. The predicted octanol–water partition coefficient (Wildman–Crippen LogP) is 1.12. The molecule has 3 aromatic rings. The Morgan fingerprint density at radius 3 is 2.31 bits per heavy atom. The average Bonchev–Trinajstić information content (AvgIpc) is 3.15. The van der Waals surface area contributed by atoms with Crippen molar-refractivity contribution in [2.45, 2.75) is 0 Å². The number of H-pyrrole nitrogens is 1. The lowest BCUT2D eigenvalue weighted by molar-refractivity contribution is -0.672. The minimum absolute atomic E-state index is 0.0345. The molecule has 1 fully saturated rings. The number of non-ortho nitro benzene ring substituents is 1. The highest BCUT2D eigenvalue weighted by molar-refractivity contribution is 5.90. The number of benzene rings is 2. The van der Waals surface area contributed by atoms with Gasteiger partial charge in [-0.3, -0.25) is 19.4 Å². The second-order valence-electron chi connectivity index (χ2n) is 6.55. The molecule has 148 valence electrons. The van der Waals surface area contributed by atoms with Gasteiger partial charge in [0, 0.05) is 56.1 Å². The maximum atomic E-state index is 13.0. The van der Waals surface area contributed by atoms with Crippen LogP contribution in [0.2, 0.25) is 0 Å². The molecule has 2 aromatic carbocycles. The molecular formula is C19H18N5O5+. The third-order valence-corrected chi connectivity index (χ3v) is 4.86. The van der Waals surface area contributed by atoms with Crippen molar-refractivity contribution in [3.63, 3.8) is 0 Å². The molecule has 29 heavy (non-hydrogen) atoms. The highest BCUT2D eigenvalue weighted by Gasteiger charge is 2.35. The van der Waals surface area contributed by atoms with Gasteiger partial charge in [0.15, 0.2) is 0 Å². The number of para-hydroxylation sites is 1. The molecule has 1 aliphatic rings. The van der Waals surface area contributed by atoms with Gasteiger partial charge in [0.2, 0.25) is 5.69 Å². The number of aromatic amines is 1. The third-order valence-electron chi connectivity index (χ3n) is 4.86. The summed E-state index contributed by atoms with van der Waals surface area (Å²) in [5.74, 6) is -0.410. The van der Waals surface area contributed by atoms with E-state index < -0.39 is 16.5 Å². The maximum absolute atomic E-state index is 13.0. The Bertz CT molecular complexity index is 1080. The van der Waals surface area contributed by atoms with Crippen LogP contribution in [0.25, 0.3) is 5.69 Å². The number of hydrogen-bond donors (Lipinski definition) is 1. The number of rotatable bonds is 4. The number of aromatic nitrogens is 2. The molecule has 1 aromatic heterocycles. The molecule has 10 heteroatoms. The number of anilines is 1. The number of carbonyl (C=O) groups is 1. The van der Waals surface area contributed by atoms with Crippen molar-refractivity contribution < 1.29 is 18.9 Å². The minimum Gasteiger partial charge on any atom is -0.368 e. The largest absolute Gasteiger partial charge is 0.441 e. The number of carbonyl (C=O) groups excluding carboxylic acids is 1. The Balaban J connectivity index is 1.48. The van der Waals surface area contributed by atoms with Gasteiger partial charge in [0.05, 0.1) is 4.92 Å². The summed E-state index contributed by atoms with van der Waals surface area (Å²) in [4.78, 5) is 39.1. The van der Waals surface area contributed by atoms with Crippen molar-refractivity contribution in [1.29, 1.82) is 0 Å². The molecule has 0 aliphatic carbocycles. The molecule has 0 radical (unpaired) electrons. The van der Waals surface area contributed by atoms with Gasteiger partial charge >= 0.3 is 17.2 Å². The lowest BCUT2D eigenvalue weighted by Crippen LogP contribution is -2.53. The van der Waals surface area contributed by atoms with Gasteiger partial charge < -0.3 is 9.80 Å². The first kappa shape index (κ1) is 18.4. The Hall–Kier alpha value is -3.95. The second kappa shape index (κ2) is 7.58. The molecule has 0 unspecified atom stereocenters. The highest BCUT2D eigenvalue weighted by atomic mass is 16.6. The summed E-state index contributed by atoms with van der Waals surface area (Å²) in [5, 5.41) is 13.3. The number of nitro groups is 1. The molecule has 1 saturated heterocycles. The smallest absolute Gasteiger partial charge is 0.368 e. The third kappa shape index (κ3) is 3.59. The standard InChI is InChI=1S/C19H17N5O5/c25-18(17-19(26)29-20-23(17)15-4-2-1-3-5-15)22-12-10-21(11-13-22)14-6-8-16(9-7-14)24(27)28/h1-9H,10-13H2/p+1. The maximum Gasteiger partial charge on any atom is 0.441 e. The lowest BCUT2D eigenvalue weighted by Gasteiger charge is -2.35. The van der Waals surface area contributed by atoms with Crippen LogP contribution in [0.15, 0.2) is 63.9 Å². The zero-order valence-corrected chi connectivity index (χ0v) is 15.4. The highest BCUT2D eigenvalue weighted by Crippen LogP contribution is 2.21. The van der Waals surface area contributed by atoms with Crippen LogP contribution in [0.1, 0.15) is 10.5 Å². The van der Waals surface area contributed by atoms with Crippen LogP contribution >= 0.6 is 0 Å². The van der Waals surface area contributed by atoms with E-state index in [9.17, 15) is 19.7 Å². The molecule has 2 heterocycles. The summed E-state index contributed by atoms with van der Waals surface area (Å²) in [7, 11) is 0. The number of nitro benzene ring substituents is 1. The van der Waals surface area contributed by atoms with E-state index in [0.29, 0.717) is 31.9 Å². The SMILES string of the molecule is O=C(c1c(=O)o[nH][n+]1-c1ccccc1)N1CCN(c2ccc([N+](=O)[O-])cc2)CC1. The van der Waals surface area contributed by atoms with Crippen molar-refractivity contribution >= 4 is 17.3 Å². The lowest BCUT2D eigenvalue weighted by atomic mass is 10.2. The quantitative estimate of drug-likeness (QED) is 0.401. The van der Waals surface area contributed by atoms with Crippen LogP contribution in [0.5, 0.6) is 0 Å². The van der Waals surface area contributed by atoms with E-state index in [-0.39, 0.29) is 11.4 Å². The molecule has 1 aliphatic heterocycles. The van der Waals surface area contributed by atoms with Gasteiger partial charge in [-0.05, 0) is 22.1 Å². The second-order valence-corrected chi connectivity index (χ2v) is 6.55. The molecule has 0 bridgehead atoms. The summed E-state index contributed by atoms with van der Waals surface area (Å²) in [5.41, 5.74) is 0.693.